The van der Waals surface area contributed by atoms with Crippen LogP contribution in [0.4, 0.5) is 11.5 Å². The Kier molecular flexibility index (Phi) is 6.45. The van der Waals surface area contributed by atoms with Gasteiger partial charge in [-0.15, -0.1) is 0 Å². The lowest BCUT2D eigenvalue weighted by molar-refractivity contribution is -0.115. The molecule has 0 amide bonds. The number of pyridine rings is 1. The van der Waals surface area contributed by atoms with E-state index < -0.39 is 0 Å². The molecule has 1 N–H and O–H groups in total. The van der Waals surface area contributed by atoms with Gasteiger partial charge in [0.05, 0.1) is 5.69 Å². The van der Waals surface area contributed by atoms with E-state index in [1.807, 2.05) is 18.3 Å². The molecule has 0 spiro atoms. The third kappa shape index (κ3) is 5.05. The zero-order valence-electron chi connectivity index (χ0n) is 15.3. The second kappa shape index (κ2) is 8.99. The third-order valence-corrected chi connectivity index (χ3v) is 5.08. The largest absolute Gasteiger partial charge is 0.382 e. The predicted octanol–water partition coefficient (Wildman–Crippen LogP) is 3.10. The fraction of sp³-hybridized carbons (Fsp3) is 0.600. The van der Waals surface area contributed by atoms with Crippen molar-refractivity contribution in [3.05, 3.63) is 30.0 Å². The summed E-state index contributed by atoms with van der Waals surface area (Å²) in [6.45, 7) is 8.37. The lowest BCUT2D eigenvalue weighted by Gasteiger charge is -2.36. The van der Waals surface area contributed by atoms with E-state index in [0.717, 1.165) is 82.9 Å². The van der Waals surface area contributed by atoms with Crippen LogP contribution >= 0.6 is 0 Å². The Morgan fingerprint density at radius 3 is 2.80 bits per heavy atom. The van der Waals surface area contributed by atoms with Crippen molar-refractivity contribution in [2.45, 2.75) is 39.0 Å². The van der Waals surface area contributed by atoms with Gasteiger partial charge in [-0.05, 0) is 57.4 Å². The van der Waals surface area contributed by atoms with Crippen molar-refractivity contribution in [3.63, 3.8) is 0 Å². The smallest absolute Gasteiger partial charge is 0.155 e. The van der Waals surface area contributed by atoms with Crippen LogP contribution in [0.3, 0.4) is 0 Å². The van der Waals surface area contributed by atoms with Crippen molar-refractivity contribution >= 4 is 17.3 Å². The molecule has 0 radical (unpaired) electrons. The van der Waals surface area contributed by atoms with E-state index in [-0.39, 0.29) is 0 Å². The molecule has 5 heteroatoms. The molecule has 0 saturated carbocycles. The third-order valence-electron chi connectivity index (χ3n) is 5.08. The Hall–Kier alpha value is -1.88. The van der Waals surface area contributed by atoms with Crippen LogP contribution in [0.15, 0.2) is 30.0 Å². The van der Waals surface area contributed by atoms with E-state index in [1.54, 1.807) is 0 Å². The van der Waals surface area contributed by atoms with Gasteiger partial charge in [0.1, 0.15) is 0 Å². The number of hydrogen-bond acceptors (Lipinski definition) is 5. The maximum absolute atomic E-state index is 11.5. The number of nitrogens with zero attached hydrogens (tertiary/aromatic N) is 3. The molecule has 2 heterocycles. The lowest BCUT2D eigenvalue weighted by atomic mass is 9.95. The highest BCUT2D eigenvalue weighted by molar-refractivity contribution is 5.91. The van der Waals surface area contributed by atoms with Gasteiger partial charge in [0.25, 0.3) is 0 Å². The Bertz CT molecular complexity index is 605. The van der Waals surface area contributed by atoms with Gasteiger partial charge >= 0.3 is 0 Å². The van der Waals surface area contributed by atoms with Gasteiger partial charge in [-0.3, -0.25) is 9.69 Å². The number of anilines is 2. The molecule has 0 bridgehead atoms. The molecule has 1 aliphatic heterocycles. The van der Waals surface area contributed by atoms with Crippen LogP contribution < -0.4 is 10.2 Å². The second-order valence-electron chi connectivity index (χ2n) is 6.96. The summed E-state index contributed by atoms with van der Waals surface area (Å²) < 4.78 is 0. The van der Waals surface area contributed by atoms with E-state index in [0.29, 0.717) is 5.78 Å². The van der Waals surface area contributed by atoms with Crippen LogP contribution in [0.1, 0.15) is 39.0 Å². The van der Waals surface area contributed by atoms with Crippen molar-refractivity contribution in [1.29, 1.82) is 0 Å². The Morgan fingerprint density at radius 2 is 2.04 bits per heavy atom. The molecule has 0 atom stereocenters. The lowest BCUT2D eigenvalue weighted by Crippen LogP contribution is -2.47. The van der Waals surface area contributed by atoms with Gasteiger partial charge in [0, 0.05) is 45.3 Å². The summed E-state index contributed by atoms with van der Waals surface area (Å²) in [6, 6.07) is 4.10. The van der Waals surface area contributed by atoms with E-state index >= 15 is 0 Å². The standard InChI is InChI=1S/C20H30N4O/c1-2-21-19-9-4-10-22-20(19)24-14-12-23(13-15-24)11-5-7-17-6-3-8-18(25)16-17/h4,9-10,16,21H,2-3,5-8,11-15H2,1H3. The Morgan fingerprint density at radius 1 is 1.20 bits per heavy atom. The zero-order valence-corrected chi connectivity index (χ0v) is 15.3. The number of ketones is 1. The number of rotatable bonds is 7. The van der Waals surface area contributed by atoms with E-state index in [4.69, 9.17) is 0 Å². The molecule has 1 aromatic rings. The van der Waals surface area contributed by atoms with Crippen LogP contribution in [-0.4, -0.2) is 54.9 Å². The number of aromatic nitrogens is 1. The minimum atomic E-state index is 0.321. The van der Waals surface area contributed by atoms with Gasteiger partial charge in [-0.25, -0.2) is 4.98 Å². The number of hydrogen-bond donors (Lipinski definition) is 1. The van der Waals surface area contributed by atoms with E-state index in [1.165, 1.54) is 5.57 Å². The van der Waals surface area contributed by atoms with Crippen molar-refractivity contribution in [2.24, 2.45) is 0 Å². The maximum Gasteiger partial charge on any atom is 0.155 e. The first-order chi connectivity index (χ1) is 12.3. The average Bonchev–Trinajstić information content (AvgIpc) is 2.63. The average molecular weight is 342 g/mol. The molecule has 2 aliphatic rings. The number of carbonyl (C=O) groups excluding carboxylic acids is 1. The molecule has 5 nitrogen and oxygen atoms in total. The van der Waals surface area contributed by atoms with Crippen molar-refractivity contribution in [2.75, 3.05) is 49.5 Å². The van der Waals surface area contributed by atoms with Crippen molar-refractivity contribution in [3.8, 4) is 0 Å². The molecule has 136 valence electrons. The normalized spacial score (nSPS) is 19.0. The van der Waals surface area contributed by atoms with Crippen molar-refractivity contribution < 1.29 is 4.79 Å². The number of allylic oxidation sites excluding steroid dienone is 2. The highest BCUT2D eigenvalue weighted by Crippen LogP contribution is 2.24. The summed E-state index contributed by atoms with van der Waals surface area (Å²) >= 11 is 0. The molecular formula is C20H30N4O. The van der Waals surface area contributed by atoms with Crippen LogP contribution in [0.5, 0.6) is 0 Å². The number of carbonyl (C=O) groups is 1. The van der Waals surface area contributed by atoms with Crippen LogP contribution in [0.25, 0.3) is 0 Å². The van der Waals surface area contributed by atoms with Gasteiger partial charge in [0.15, 0.2) is 11.6 Å². The maximum atomic E-state index is 11.5. The fourth-order valence-electron chi connectivity index (χ4n) is 3.75. The quantitative estimate of drug-likeness (QED) is 0.825. The molecule has 0 aromatic carbocycles. The first-order valence-corrected chi connectivity index (χ1v) is 9.64. The minimum absolute atomic E-state index is 0.321. The monoisotopic (exact) mass is 342 g/mol. The number of piperazine rings is 1. The van der Waals surface area contributed by atoms with Gasteiger partial charge in [-0.2, -0.15) is 0 Å². The summed E-state index contributed by atoms with van der Waals surface area (Å²) in [5.41, 5.74) is 2.49. The fourth-order valence-corrected chi connectivity index (χ4v) is 3.75. The summed E-state index contributed by atoms with van der Waals surface area (Å²) in [6.07, 6.45) is 8.91. The second-order valence-corrected chi connectivity index (χ2v) is 6.96. The molecule has 3 rings (SSSR count). The van der Waals surface area contributed by atoms with Gasteiger partial charge in [0.2, 0.25) is 0 Å². The Balaban J connectivity index is 1.44. The van der Waals surface area contributed by atoms with E-state index in [9.17, 15) is 4.79 Å². The highest BCUT2D eigenvalue weighted by Gasteiger charge is 2.20. The van der Waals surface area contributed by atoms with Crippen LogP contribution in [-0.2, 0) is 4.79 Å². The SMILES string of the molecule is CCNc1cccnc1N1CCN(CCCC2=CC(=O)CCC2)CC1. The molecule has 25 heavy (non-hydrogen) atoms. The number of nitrogens with one attached hydrogen (secondary N) is 1. The molecular weight excluding hydrogens is 312 g/mol. The zero-order chi connectivity index (χ0) is 17.5. The first-order valence-electron chi connectivity index (χ1n) is 9.64. The van der Waals surface area contributed by atoms with Crippen LogP contribution in [0.2, 0.25) is 0 Å². The first kappa shape index (κ1) is 17.9. The van der Waals surface area contributed by atoms with Gasteiger partial charge in [-0.1, -0.05) is 5.57 Å². The molecule has 1 saturated heterocycles. The predicted molar refractivity (Wildman–Crippen MR) is 103 cm³/mol. The molecule has 1 fully saturated rings. The summed E-state index contributed by atoms with van der Waals surface area (Å²) in [4.78, 5) is 21.0. The Labute approximate surface area is 151 Å². The van der Waals surface area contributed by atoms with E-state index in [2.05, 4.69) is 33.1 Å². The summed E-state index contributed by atoms with van der Waals surface area (Å²) in [7, 11) is 0. The molecule has 0 unspecified atom stereocenters. The molecule has 1 aromatic heterocycles. The molecule has 1 aliphatic carbocycles. The summed E-state index contributed by atoms with van der Waals surface area (Å²) in [5, 5.41) is 3.41. The minimum Gasteiger partial charge on any atom is -0.382 e. The highest BCUT2D eigenvalue weighted by atomic mass is 16.1. The topological polar surface area (TPSA) is 48.5 Å². The van der Waals surface area contributed by atoms with Crippen LogP contribution in [0, 0.1) is 0 Å². The van der Waals surface area contributed by atoms with Gasteiger partial charge < -0.3 is 10.2 Å². The van der Waals surface area contributed by atoms with Crippen molar-refractivity contribution in [1.82, 2.24) is 9.88 Å². The summed E-state index contributed by atoms with van der Waals surface area (Å²) in [5.74, 6) is 1.40.